The molecular formula is C16H19BrN2OS. The molecule has 3 nitrogen and oxygen atoms in total. The molecule has 0 N–H and O–H groups in total. The highest BCUT2D eigenvalue weighted by atomic mass is 79.9. The highest BCUT2D eigenvalue weighted by Crippen LogP contribution is 2.30. The summed E-state index contributed by atoms with van der Waals surface area (Å²) in [7, 11) is 0. The molecule has 2 rings (SSSR count). The van der Waals surface area contributed by atoms with E-state index in [9.17, 15) is 4.79 Å². The zero-order valence-electron chi connectivity index (χ0n) is 12.5. The molecule has 0 aliphatic carbocycles. The molecule has 112 valence electrons. The summed E-state index contributed by atoms with van der Waals surface area (Å²) in [6.45, 7) is 6.67. The van der Waals surface area contributed by atoms with Crippen LogP contribution in [0.2, 0.25) is 0 Å². The van der Waals surface area contributed by atoms with Crippen LogP contribution < -0.4 is 0 Å². The fraction of sp³-hybridized carbons (Fsp3) is 0.375. The van der Waals surface area contributed by atoms with E-state index in [-0.39, 0.29) is 5.78 Å². The van der Waals surface area contributed by atoms with Gasteiger partial charge in [-0.15, -0.1) is 11.8 Å². The molecule has 0 aliphatic heterocycles. The predicted octanol–water partition coefficient (Wildman–Crippen LogP) is 4.72. The van der Waals surface area contributed by atoms with Crippen LogP contribution >= 0.6 is 27.7 Å². The maximum atomic E-state index is 11.4. The summed E-state index contributed by atoms with van der Waals surface area (Å²) in [4.78, 5) is 12.5. The fourth-order valence-corrected chi connectivity index (χ4v) is 3.98. The third-order valence-corrected chi connectivity index (χ3v) is 5.23. The van der Waals surface area contributed by atoms with Crippen LogP contribution in [-0.2, 0) is 18.7 Å². The van der Waals surface area contributed by atoms with Crippen molar-refractivity contribution in [3.8, 4) is 0 Å². The first-order valence-electron chi connectivity index (χ1n) is 7.04. The molecule has 1 aromatic carbocycles. The normalized spacial score (nSPS) is 10.9. The third kappa shape index (κ3) is 3.77. The monoisotopic (exact) mass is 366 g/mol. The van der Waals surface area contributed by atoms with Crippen molar-refractivity contribution in [1.82, 2.24) is 9.78 Å². The van der Waals surface area contributed by atoms with Crippen molar-refractivity contribution in [3.63, 3.8) is 0 Å². The third-order valence-electron chi connectivity index (χ3n) is 3.31. The van der Waals surface area contributed by atoms with Gasteiger partial charge in [0.15, 0.2) is 5.78 Å². The second kappa shape index (κ2) is 7.27. The number of carbonyl (C=O) groups excluding carboxylic acids is 1. The summed E-state index contributed by atoms with van der Waals surface area (Å²) < 4.78 is 3.16. The molecule has 0 bridgehead atoms. The Morgan fingerprint density at radius 1 is 1.38 bits per heavy atom. The Morgan fingerprint density at radius 2 is 2.14 bits per heavy atom. The molecule has 0 saturated heterocycles. The standard InChI is InChI=1S/C16H19BrN2OS/c1-4-14-16(17)15(19(5-2)18-14)10-21-13-8-6-7-12(9-13)11(3)20/h6-9H,4-5,10H2,1-3H3. The van der Waals surface area contributed by atoms with Crippen LogP contribution in [0.5, 0.6) is 0 Å². The van der Waals surface area contributed by atoms with Crippen molar-refractivity contribution in [2.24, 2.45) is 0 Å². The second-order valence-electron chi connectivity index (χ2n) is 4.75. The smallest absolute Gasteiger partial charge is 0.159 e. The molecule has 1 aromatic heterocycles. The number of benzene rings is 1. The molecule has 0 atom stereocenters. The number of Topliss-reactive ketones (excluding diaryl/α,β-unsaturated/α-hetero) is 1. The zero-order chi connectivity index (χ0) is 15.4. The minimum atomic E-state index is 0.102. The Bertz CT molecular complexity index is 652. The van der Waals surface area contributed by atoms with Crippen molar-refractivity contribution in [1.29, 1.82) is 0 Å². The highest BCUT2D eigenvalue weighted by molar-refractivity contribution is 9.10. The summed E-state index contributed by atoms with van der Waals surface area (Å²) in [6, 6.07) is 7.78. The molecule has 0 saturated carbocycles. The molecule has 0 radical (unpaired) electrons. The van der Waals surface area contributed by atoms with E-state index in [1.165, 1.54) is 5.69 Å². The molecular weight excluding hydrogens is 348 g/mol. The van der Waals surface area contributed by atoms with E-state index < -0.39 is 0 Å². The van der Waals surface area contributed by atoms with Crippen molar-refractivity contribution < 1.29 is 4.79 Å². The molecule has 1 heterocycles. The maximum Gasteiger partial charge on any atom is 0.159 e. The van der Waals surface area contributed by atoms with E-state index in [0.717, 1.165) is 39.3 Å². The van der Waals surface area contributed by atoms with Gasteiger partial charge in [0.2, 0.25) is 0 Å². The van der Waals surface area contributed by atoms with Crippen molar-refractivity contribution in [2.45, 2.75) is 44.4 Å². The molecule has 0 amide bonds. The van der Waals surface area contributed by atoms with Gasteiger partial charge < -0.3 is 0 Å². The van der Waals surface area contributed by atoms with E-state index in [1.807, 2.05) is 28.9 Å². The summed E-state index contributed by atoms with van der Waals surface area (Å²) in [5.74, 6) is 0.938. The first-order chi connectivity index (χ1) is 10.1. The van der Waals surface area contributed by atoms with Gasteiger partial charge in [-0.05, 0) is 48.3 Å². The van der Waals surface area contributed by atoms with E-state index >= 15 is 0 Å². The molecule has 0 unspecified atom stereocenters. The van der Waals surface area contributed by atoms with Gasteiger partial charge in [0, 0.05) is 22.8 Å². The lowest BCUT2D eigenvalue weighted by Crippen LogP contribution is -2.02. The van der Waals surface area contributed by atoms with Crippen LogP contribution in [0, 0.1) is 0 Å². The van der Waals surface area contributed by atoms with Crippen LogP contribution in [0.1, 0.15) is 42.5 Å². The Morgan fingerprint density at radius 3 is 2.76 bits per heavy atom. The van der Waals surface area contributed by atoms with Crippen molar-refractivity contribution >= 4 is 33.5 Å². The summed E-state index contributed by atoms with van der Waals surface area (Å²) in [5.41, 5.74) is 3.06. The number of carbonyl (C=O) groups is 1. The Hall–Kier alpha value is -1.07. The van der Waals surface area contributed by atoms with Gasteiger partial charge in [-0.3, -0.25) is 9.48 Å². The largest absolute Gasteiger partial charge is 0.295 e. The minimum absolute atomic E-state index is 0.102. The van der Waals surface area contributed by atoms with Gasteiger partial charge in [-0.1, -0.05) is 19.1 Å². The number of aromatic nitrogens is 2. The summed E-state index contributed by atoms with van der Waals surface area (Å²) in [5, 5.41) is 4.61. The van der Waals surface area contributed by atoms with E-state index in [1.54, 1.807) is 18.7 Å². The van der Waals surface area contributed by atoms with Gasteiger partial charge in [0.25, 0.3) is 0 Å². The number of thioether (sulfide) groups is 1. The number of ketones is 1. The number of hydrogen-bond donors (Lipinski definition) is 0. The first kappa shape index (κ1) is 16.3. The van der Waals surface area contributed by atoms with E-state index in [4.69, 9.17) is 0 Å². The lowest BCUT2D eigenvalue weighted by atomic mass is 10.2. The Labute approximate surface area is 138 Å². The van der Waals surface area contributed by atoms with Crippen LogP contribution in [0.4, 0.5) is 0 Å². The lowest BCUT2D eigenvalue weighted by Gasteiger charge is -2.06. The van der Waals surface area contributed by atoms with E-state index in [0.29, 0.717) is 0 Å². The van der Waals surface area contributed by atoms with Crippen molar-refractivity contribution in [3.05, 3.63) is 45.7 Å². The zero-order valence-corrected chi connectivity index (χ0v) is 14.9. The molecule has 21 heavy (non-hydrogen) atoms. The quantitative estimate of drug-likeness (QED) is 0.547. The average molecular weight is 367 g/mol. The molecule has 0 fully saturated rings. The minimum Gasteiger partial charge on any atom is -0.295 e. The van der Waals surface area contributed by atoms with Crippen LogP contribution in [-0.4, -0.2) is 15.6 Å². The average Bonchev–Trinajstić information content (AvgIpc) is 2.81. The van der Waals surface area contributed by atoms with Crippen LogP contribution in [0.15, 0.2) is 33.6 Å². The summed E-state index contributed by atoms with van der Waals surface area (Å²) in [6.07, 6.45) is 0.922. The number of nitrogens with zero attached hydrogens (tertiary/aromatic N) is 2. The molecule has 0 aliphatic rings. The first-order valence-corrected chi connectivity index (χ1v) is 8.82. The number of rotatable bonds is 6. The van der Waals surface area contributed by atoms with Crippen molar-refractivity contribution in [2.75, 3.05) is 0 Å². The number of halogens is 1. The molecule has 0 spiro atoms. The second-order valence-corrected chi connectivity index (χ2v) is 6.59. The van der Waals surface area contributed by atoms with Gasteiger partial charge in [0.05, 0.1) is 15.9 Å². The van der Waals surface area contributed by atoms with E-state index in [2.05, 4.69) is 34.9 Å². The fourth-order valence-electron chi connectivity index (χ4n) is 2.11. The Balaban J connectivity index is 2.18. The lowest BCUT2D eigenvalue weighted by molar-refractivity contribution is 0.101. The van der Waals surface area contributed by atoms with Crippen LogP contribution in [0.3, 0.4) is 0 Å². The number of aryl methyl sites for hydroxylation is 2. The predicted molar refractivity (Wildman–Crippen MR) is 91.0 cm³/mol. The SMILES string of the molecule is CCc1nn(CC)c(CSc2cccc(C(C)=O)c2)c1Br. The number of hydrogen-bond acceptors (Lipinski definition) is 3. The maximum absolute atomic E-state index is 11.4. The van der Waals surface area contributed by atoms with Gasteiger partial charge in [0.1, 0.15) is 0 Å². The summed E-state index contributed by atoms with van der Waals surface area (Å²) >= 11 is 5.39. The molecule has 2 aromatic rings. The van der Waals surface area contributed by atoms with Crippen LogP contribution in [0.25, 0.3) is 0 Å². The van der Waals surface area contributed by atoms with Gasteiger partial charge in [-0.25, -0.2) is 0 Å². The topological polar surface area (TPSA) is 34.9 Å². The van der Waals surface area contributed by atoms with Gasteiger partial charge >= 0.3 is 0 Å². The van der Waals surface area contributed by atoms with Gasteiger partial charge in [-0.2, -0.15) is 5.10 Å². The molecule has 5 heteroatoms. The highest BCUT2D eigenvalue weighted by Gasteiger charge is 2.14. The Kier molecular flexibility index (Phi) is 5.65.